The first-order chi connectivity index (χ1) is 16.6. The Balaban J connectivity index is 1.51. The Bertz CT molecular complexity index is 1350. The number of methoxy groups -OCH3 is 1. The number of aryl methyl sites for hydroxylation is 1. The van der Waals surface area contributed by atoms with Gasteiger partial charge in [0.2, 0.25) is 5.78 Å². The van der Waals surface area contributed by atoms with E-state index in [0.29, 0.717) is 36.4 Å². The number of furan rings is 1. The minimum atomic E-state index is -0.772. The fraction of sp³-hybridized carbons (Fsp3) is 0.192. The molecule has 3 heterocycles. The number of amides is 1. The molecule has 1 amide bonds. The lowest BCUT2D eigenvalue weighted by atomic mass is 9.94. The number of benzene rings is 2. The van der Waals surface area contributed by atoms with Crippen LogP contribution in [0.3, 0.4) is 0 Å². The van der Waals surface area contributed by atoms with Crippen LogP contribution in [-0.4, -0.2) is 44.9 Å². The maximum Gasteiger partial charge on any atom is 0.290 e. The predicted octanol–water partition coefficient (Wildman–Crippen LogP) is 4.31. The van der Waals surface area contributed by atoms with Gasteiger partial charge < -0.3 is 23.7 Å². The highest BCUT2D eigenvalue weighted by molar-refractivity contribution is 6.16. The maximum atomic E-state index is 13.6. The number of para-hydroxylation sites is 1. The van der Waals surface area contributed by atoms with Crippen LogP contribution in [0.1, 0.15) is 28.6 Å². The van der Waals surface area contributed by atoms with Crippen molar-refractivity contribution in [2.75, 3.05) is 13.7 Å². The lowest BCUT2D eigenvalue weighted by Gasteiger charge is -2.27. The number of aliphatic hydroxyl groups is 1. The predicted molar refractivity (Wildman–Crippen MR) is 124 cm³/mol. The van der Waals surface area contributed by atoms with Gasteiger partial charge in [-0.1, -0.05) is 30.3 Å². The van der Waals surface area contributed by atoms with Gasteiger partial charge in [0.15, 0.2) is 11.5 Å². The van der Waals surface area contributed by atoms with E-state index in [1.807, 2.05) is 35.0 Å². The normalized spacial score (nSPS) is 16.0. The summed E-state index contributed by atoms with van der Waals surface area (Å²) in [6, 6.07) is 15.3. The van der Waals surface area contributed by atoms with E-state index in [0.717, 1.165) is 5.39 Å². The highest BCUT2D eigenvalue weighted by atomic mass is 16.5. The molecule has 1 N–H and O–H groups in total. The molecule has 1 atom stereocenters. The number of hydrogen-bond donors (Lipinski definition) is 1. The molecule has 1 aliphatic heterocycles. The van der Waals surface area contributed by atoms with Crippen LogP contribution in [0, 0.1) is 0 Å². The summed E-state index contributed by atoms with van der Waals surface area (Å²) in [6.45, 7) is 0.974. The minimum absolute atomic E-state index is 0.0000555. The zero-order valence-corrected chi connectivity index (χ0v) is 18.5. The highest BCUT2D eigenvalue weighted by Gasteiger charge is 2.44. The lowest BCUT2D eigenvalue weighted by Crippen LogP contribution is -2.32. The zero-order valence-electron chi connectivity index (χ0n) is 18.5. The van der Waals surface area contributed by atoms with E-state index in [9.17, 15) is 14.7 Å². The Morgan fingerprint density at radius 1 is 1.15 bits per heavy atom. The lowest BCUT2D eigenvalue weighted by molar-refractivity contribution is -0.129. The maximum absolute atomic E-state index is 13.6. The van der Waals surface area contributed by atoms with Crippen molar-refractivity contribution in [3.63, 3.8) is 0 Å². The largest absolute Gasteiger partial charge is 0.503 e. The summed E-state index contributed by atoms with van der Waals surface area (Å²) < 4.78 is 13.0. The molecule has 1 aliphatic rings. The Kier molecular flexibility index (Phi) is 5.63. The van der Waals surface area contributed by atoms with Gasteiger partial charge in [-0.2, -0.15) is 0 Å². The van der Waals surface area contributed by atoms with E-state index in [1.54, 1.807) is 50.0 Å². The third kappa shape index (κ3) is 3.83. The number of fused-ring (bicyclic) bond motifs is 1. The molecular formula is C26H23N3O5. The van der Waals surface area contributed by atoms with Crippen LogP contribution in [0.4, 0.5) is 0 Å². The van der Waals surface area contributed by atoms with Crippen molar-refractivity contribution in [1.29, 1.82) is 0 Å². The number of rotatable bonds is 8. The third-order valence-electron chi connectivity index (χ3n) is 5.98. The number of carbonyl (C=O) groups excluding carboxylic acids is 2. The third-order valence-corrected chi connectivity index (χ3v) is 5.98. The van der Waals surface area contributed by atoms with Crippen LogP contribution in [0.2, 0.25) is 0 Å². The minimum Gasteiger partial charge on any atom is -0.503 e. The molecule has 0 unspecified atom stereocenters. The number of hydrogen-bond acceptors (Lipinski definition) is 6. The summed E-state index contributed by atoms with van der Waals surface area (Å²) in [6.07, 6.45) is 5.86. The van der Waals surface area contributed by atoms with Crippen molar-refractivity contribution in [3.8, 4) is 5.75 Å². The molecule has 2 aromatic heterocycles. The molecule has 0 bridgehead atoms. The van der Waals surface area contributed by atoms with E-state index in [1.165, 1.54) is 4.90 Å². The summed E-state index contributed by atoms with van der Waals surface area (Å²) in [5, 5.41) is 11.6. The number of nitrogens with zero attached hydrogens (tertiary/aromatic N) is 3. The van der Waals surface area contributed by atoms with E-state index in [-0.39, 0.29) is 11.3 Å². The Labute approximate surface area is 195 Å². The van der Waals surface area contributed by atoms with E-state index in [2.05, 4.69) is 4.98 Å². The van der Waals surface area contributed by atoms with Gasteiger partial charge in [0.05, 0.1) is 25.1 Å². The van der Waals surface area contributed by atoms with Gasteiger partial charge in [0.25, 0.3) is 5.91 Å². The molecule has 8 heteroatoms. The van der Waals surface area contributed by atoms with Crippen molar-refractivity contribution >= 4 is 22.7 Å². The fourth-order valence-electron chi connectivity index (χ4n) is 4.34. The number of ketones is 1. The summed E-state index contributed by atoms with van der Waals surface area (Å²) in [4.78, 5) is 32.3. The Morgan fingerprint density at radius 3 is 2.76 bits per heavy atom. The van der Waals surface area contributed by atoms with Crippen LogP contribution >= 0.6 is 0 Å². The molecule has 0 fully saturated rings. The average Bonchev–Trinajstić information content (AvgIpc) is 3.59. The Morgan fingerprint density at radius 2 is 2.00 bits per heavy atom. The molecule has 0 saturated carbocycles. The van der Waals surface area contributed by atoms with Crippen molar-refractivity contribution in [3.05, 3.63) is 96.0 Å². The second-order valence-electron chi connectivity index (χ2n) is 8.07. The summed E-state index contributed by atoms with van der Waals surface area (Å²) in [7, 11) is 1.55. The van der Waals surface area contributed by atoms with E-state index >= 15 is 0 Å². The summed E-state index contributed by atoms with van der Waals surface area (Å²) >= 11 is 0. The molecule has 34 heavy (non-hydrogen) atoms. The van der Waals surface area contributed by atoms with Crippen LogP contribution in [0.15, 0.2) is 89.1 Å². The highest BCUT2D eigenvalue weighted by Crippen LogP contribution is 2.40. The molecule has 2 aromatic carbocycles. The molecule has 5 rings (SSSR count). The van der Waals surface area contributed by atoms with Crippen LogP contribution < -0.4 is 4.74 Å². The first-order valence-corrected chi connectivity index (χ1v) is 10.9. The molecule has 4 aromatic rings. The van der Waals surface area contributed by atoms with Crippen molar-refractivity contribution in [2.24, 2.45) is 0 Å². The molecular weight excluding hydrogens is 434 g/mol. The smallest absolute Gasteiger partial charge is 0.290 e. The quantitative estimate of drug-likeness (QED) is 0.396. The van der Waals surface area contributed by atoms with Crippen molar-refractivity contribution in [2.45, 2.75) is 19.0 Å². The average molecular weight is 457 g/mol. The first-order valence-electron chi connectivity index (χ1n) is 10.9. The second kappa shape index (κ2) is 8.90. The summed E-state index contributed by atoms with van der Waals surface area (Å²) in [5.74, 6) is -1.00. The number of carbonyl (C=O) groups is 2. The fourth-order valence-corrected chi connectivity index (χ4v) is 4.34. The van der Waals surface area contributed by atoms with Crippen LogP contribution in [0.5, 0.6) is 5.75 Å². The molecule has 0 radical (unpaired) electrons. The van der Waals surface area contributed by atoms with Crippen LogP contribution in [-0.2, 0) is 11.3 Å². The first kappa shape index (κ1) is 21.5. The monoisotopic (exact) mass is 457 g/mol. The molecule has 172 valence electrons. The van der Waals surface area contributed by atoms with Crippen LogP contribution in [0.25, 0.3) is 11.0 Å². The number of ether oxygens (including phenoxy) is 1. The van der Waals surface area contributed by atoms with E-state index < -0.39 is 23.5 Å². The van der Waals surface area contributed by atoms with Gasteiger partial charge in [-0.25, -0.2) is 4.98 Å². The molecule has 0 aliphatic carbocycles. The SMILES string of the molecule is COc1cccc([C@H]2C(C(=O)c3cc4ccccc4o3)=C(O)C(=O)N2CCCn2ccnc2)c1. The number of Topliss-reactive ketones (excluding diaryl/α,β-unsaturated/α-hetero) is 1. The van der Waals surface area contributed by atoms with Gasteiger partial charge in [-0.05, 0) is 36.2 Å². The topological polar surface area (TPSA) is 97.8 Å². The van der Waals surface area contributed by atoms with Gasteiger partial charge in [0, 0.05) is 30.9 Å². The number of aliphatic hydroxyl groups excluding tert-OH is 1. The second-order valence-corrected chi connectivity index (χ2v) is 8.07. The Hall–Kier alpha value is -4.33. The van der Waals surface area contributed by atoms with Crippen molar-refractivity contribution < 1.29 is 23.8 Å². The standard InChI is InChI=1S/C26H23N3O5/c1-33-19-8-4-7-18(14-19)23-22(24(30)21-15-17-6-2-3-9-20(17)34-21)25(31)26(32)29(23)12-5-11-28-13-10-27-16-28/h2-4,6-10,13-16,23,31H,5,11-12H2,1H3/t23-/m0/s1. The van der Waals surface area contributed by atoms with Gasteiger partial charge in [0.1, 0.15) is 11.3 Å². The molecule has 8 nitrogen and oxygen atoms in total. The van der Waals surface area contributed by atoms with Gasteiger partial charge in [-0.15, -0.1) is 0 Å². The van der Waals surface area contributed by atoms with Crippen molar-refractivity contribution in [1.82, 2.24) is 14.5 Å². The molecule has 0 spiro atoms. The zero-order chi connectivity index (χ0) is 23.7. The summed E-state index contributed by atoms with van der Waals surface area (Å²) in [5.41, 5.74) is 1.23. The van der Waals surface area contributed by atoms with Gasteiger partial charge >= 0.3 is 0 Å². The number of imidazole rings is 1. The number of aromatic nitrogens is 2. The molecule has 0 saturated heterocycles. The van der Waals surface area contributed by atoms with Gasteiger partial charge in [-0.3, -0.25) is 9.59 Å². The van der Waals surface area contributed by atoms with E-state index in [4.69, 9.17) is 9.15 Å².